The summed E-state index contributed by atoms with van der Waals surface area (Å²) in [7, 11) is 5.01. The number of likely N-dealkylation sites (N-methyl/N-ethyl adjacent to an activating group) is 1. The van der Waals surface area contributed by atoms with E-state index in [2.05, 4.69) is 12.2 Å². The molecular weight excluding hydrogens is 306 g/mol. The first-order valence-corrected chi connectivity index (χ1v) is 8.22. The zero-order valence-electron chi connectivity index (χ0n) is 15.3. The van der Waals surface area contributed by atoms with Crippen LogP contribution in [0.2, 0.25) is 0 Å². The number of hydrogen-bond acceptors (Lipinski definition) is 4. The van der Waals surface area contributed by atoms with E-state index in [9.17, 15) is 9.59 Å². The van der Waals surface area contributed by atoms with Crippen molar-refractivity contribution in [1.29, 1.82) is 0 Å². The van der Waals surface area contributed by atoms with Crippen molar-refractivity contribution in [3.05, 3.63) is 29.8 Å². The van der Waals surface area contributed by atoms with Crippen LogP contribution in [0.5, 0.6) is 0 Å². The van der Waals surface area contributed by atoms with Gasteiger partial charge >= 0.3 is 0 Å². The zero-order chi connectivity index (χ0) is 18.1. The number of amides is 2. The molecule has 1 atom stereocenters. The molecule has 0 fully saturated rings. The fourth-order valence-electron chi connectivity index (χ4n) is 2.17. The van der Waals surface area contributed by atoms with E-state index < -0.39 is 6.04 Å². The van der Waals surface area contributed by atoms with E-state index in [1.165, 1.54) is 10.5 Å². The van der Waals surface area contributed by atoms with Crippen LogP contribution >= 0.6 is 0 Å². The summed E-state index contributed by atoms with van der Waals surface area (Å²) in [4.78, 5) is 27.8. The maximum Gasteiger partial charge on any atom is 0.241 e. The Kier molecular flexibility index (Phi) is 8.43. The van der Waals surface area contributed by atoms with Gasteiger partial charge in [0.25, 0.3) is 0 Å². The first-order valence-electron chi connectivity index (χ1n) is 8.22. The summed E-state index contributed by atoms with van der Waals surface area (Å²) >= 11 is 0. The number of aryl methyl sites for hydroxylation is 1. The van der Waals surface area contributed by atoms with Gasteiger partial charge in [-0.05, 0) is 31.0 Å². The minimum absolute atomic E-state index is 0.0435. The third-order valence-corrected chi connectivity index (χ3v) is 3.98. The monoisotopic (exact) mass is 335 g/mol. The maximum absolute atomic E-state index is 12.5. The van der Waals surface area contributed by atoms with Crippen molar-refractivity contribution in [2.45, 2.75) is 26.3 Å². The van der Waals surface area contributed by atoms with E-state index in [4.69, 9.17) is 4.74 Å². The van der Waals surface area contributed by atoms with Gasteiger partial charge in [0.05, 0.1) is 19.2 Å². The van der Waals surface area contributed by atoms with E-state index in [1.807, 2.05) is 29.2 Å². The highest BCUT2D eigenvalue weighted by molar-refractivity contribution is 5.95. The first-order chi connectivity index (χ1) is 11.4. The SMILES string of the molecule is CCc1ccc(NC(=O)[C@H](C)N(CCOC)CC(=O)N(C)C)cc1. The van der Waals surface area contributed by atoms with Gasteiger partial charge in [-0.2, -0.15) is 0 Å². The molecule has 134 valence electrons. The van der Waals surface area contributed by atoms with Gasteiger partial charge < -0.3 is 15.0 Å². The lowest BCUT2D eigenvalue weighted by Crippen LogP contribution is -2.48. The second-order valence-electron chi connectivity index (χ2n) is 5.97. The summed E-state index contributed by atoms with van der Waals surface area (Å²) in [5.74, 6) is -0.181. The average molecular weight is 335 g/mol. The van der Waals surface area contributed by atoms with E-state index in [1.54, 1.807) is 28.1 Å². The molecular formula is C18H29N3O3. The second-order valence-corrected chi connectivity index (χ2v) is 5.97. The van der Waals surface area contributed by atoms with Crippen LogP contribution < -0.4 is 5.32 Å². The fraction of sp³-hybridized carbons (Fsp3) is 0.556. The van der Waals surface area contributed by atoms with Gasteiger partial charge in [-0.3, -0.25) is 14.5 Å². The number of carbonyl (C=O) groups excluding carboxylic acids is 2. The summed E-state index contributed by atoms with van der Waals surface area (Å²) in [6, 6.07) is 7.36. The van der Waals surface area contributed by atoms with E-state index >= 15 is 0 Å². The topological polar surface area (TPSA) is 61.9 Å². The van der Waals surface area contributed by atoms with E-state index in [-0.39, 0.29) is 18.4 Å². The number of anilines is 1. The van der Waals surface area contributed by atoms with Crippen molar-refractivity contribution >= 4 is 17.5 Å². The van der Waals surface area contributed by atoms with Gasteiger partial charge in [0, 0.05) is 33.4 Å². The molecule has 0 bridgehead atoms. The standard InChI is InChI=1S/C18H29N3O3/c1-6-15-7-9-16(10-8-15)19-18(23)14(2)21(11-12-24-5)13-17(22)20(3)4/h7-10,14H,6,11-13H2,1-5H3,(H,19,23)/t14-/m0/s1. The molecule has 0 spiro atoms. The van der Waals surface area contributed by atoms with Crippen molar-refractivity contribution in [2.24, 2.45) is 0 Å². The molecule has 0 unspecified atom stereocenters. The van der Waals surface area contributed by atoms with Crippen LogP contribution in [0.1, 0.15) is 19.4 Å². The highest BCUT2D eigenvalue weighted by atomic mass is 16.5. The van der Waals surface area contributed by atoms with Crippen LogP contribution in [-0.2, 0) is 20.7 Å². The number of nitrogens with one attached hydrogen (secondary N) is 1. The summed E-state index contributed by atoms with van der Waals surface area (Å²) in [6.07, 6.45) is 0.960. The molecule has 6 nitrogen and oxygen atoms in total. The highest BCUT2D eigenvalue weighted by Crippen LogP contribution is 2.11. The molecule has 0 radical (unpaired) electrons. The number of carbonyl (C=O) groups is 2. The number of rotatable bonds is 9. The summed E-state index contributed by atoms with van der Waals surface area (Å²) in [5, 5.41) is 2.91. The van der Waals surface area contributed by atoms with Crippen molar-refractivity contribution < 1.29 is 14.3 Å². The Bertz CT molecular complexity index is 529. The number of benzene rings is 1. The highest BCUT2D eigenvalue weighted by Gasteiger charge is 2.24. The van der Waals surface area contributed by atoms with Crippen molar-refractivity contribution in [3.8, 4) is 0 Å². The molecule has 0 aliphatic rings. The van der Waals surface area contributed by atoms with Crippen LogP contribution in [0.4, 0.5) is 5.69 Å². The van der Waals surface area contributed by atoms with Crippen LogP contribution in [0.25, 0.3) is 0 Å². The number of ether oxygens (including phenoxy) is 1. The van der Waals surface area contributed by atoms with Gasteiger partial charge in [-0.25, -0.2) is 0 Å². The molecule has 1 rings (SSSR count). The van der Waals surface area contributed by atoms with Crippen molar-refractivity contribution in [3.63, 3.8) is 0 Å². The van der Waals surface area contributed by atoms with Gasteiger partial charge in [-0.1, -0.05) is 19.1 Å². The van der Waals surface area contributed by atoms with Crippen molar-refractivity contribution in [2.75, 3.05) is 46.2 Å². The lowest BCUT2D eigenvalue weighted by atomic mass is 10.1. The van der Waals surface area contributed by atoms with Gasteiger partial charge in [0.1, 0.15) is 0 Å². The molecule has 24 heavy (non-hydrogen) atoms. The molecule has 0 aliphatic heterocycles. The minimum atomic E-state index is -0.435. The quantitative estimate of drug-likeness (QED) is 0.745. The lowest BCUT2D eigenvalue weighted by molar-refractivity contribution is -0.131. The molecule has 0 heterocycles. The molecule has 6 heteroatoms. The maximum atomic E-state index is 12.5. The van der Waals surface area contributed by atoms with E-state index in [0.717, 1.165) is 12.1 Å². The van der Waals surface area contributed by atoms with Gasteiger partial charge in [0.15, 0.2) is 0 Å². The predicted octanol–water partition coefficient (Wildman–Crippen LogP) is 1.61. The first kappa shape index (κ1) is 20.1. The summed E-state index contributed by atoms with van der Waals surface area (Å²) in [6.45, 7) is 5.04. The Morgan fingerprint density at radius 3 is 2.33 bits per heavy atom. The van der Waals surface area contributed by atoms with Gasteiger partial charge in [-0.15, -0.1) is 0 Å². The molecule has 1 aromatic rings. The number of hydrogen-bond donors (Lipinski definition) is 1. The van der Waals surface area contributed by atoms with Crippen LogP contribution in [-0.4, -0.2) is 68.6 Å². The lowest BCUT2D eigenvalue weighted by Gasteiger charge is -2.28. The van der Waals surface area contributed by atoms with Crippen LogP contribution in [0.3, 0.4) is 0 Å². The fourth-order valence-corrected chi connectivity index (χ4v) is 2.17. The third-order valence-electron chi connectivity index (χ3n) is 3.98. The smallest absolute Gasteiger partial charge is 0.241 e. The molecule has 0 aromatic heterocycles. The van der Waals surface area contributed by atoms with Crippen LogP contribution in [0.15, 0.2) is 24.3 Å². The average Bonchev–Trinajstić information content (AvgIpc) is 2.58. The Labute approximate surface area is 144 Å². The molecule has 1 aromatic carbocycles. The predicted molar refractivity (Wildman–Crippen MR) is 96.1 cm³/mol. The third kappa shape index (κ3) is 6.29. The number of nitrogens with zero attached hydrogens (tertiary/aromatic N) is 2. The molecule has 0 saturated carbocycles. The molecule has 0 saturated heterocycles. The summed E-state index contributed by atoms with van der Waals surface area (Å²) < 4.78 is 5.09. The second kappa shape index (κ2) is 10.1. The number of methoxy groups -OCH3 is 1. The zero-order valence-corrected chi connectivity index (χ0v) is 15.3. The Morgan fingerprint density at radius 1 is 1.21 bits per heavy atom. The Balaban J connectivity index is 2.73. The molecule has 1 N–H and O–H groups in total. The normalized spacial score (nSPS) is 12.1. The van der Waals surface area contributed by atoms with Crippen LogP contribution in [0, 0.1) is 0 Å². The minimum Gasteiger partial charge on any atom is -0.383 e. The Hall–Kier alpha value is -1.92. The van der Waals surface area contributed by atoms with Crippen molar-refractivity contribution in [1.82, 2.24) is 9.80 Å². The largest absolute Gasteiger partial charge is 0.383 e. The Morgan fingerprint density at radius 2 is 1.83 bits per heavy atom. The van der Waals surface area contributed by atoms with Gasteiger partial charge in [0.2, 0.25) is 11.8 Å². The van der Waals surface area contributed by atoms with E-state index in [0.29, 0.717) is 13.2 Å². The molecule has 0 aliphatic carbocycles. The molecule has 2 amide bonds. The summed E-state index contributed by atoms with van der Waals surface area (Å²) in [5.41, 5.74) is 1.98.